The van der Waals surface area contributed by atoms with E-state index in [1.807, 2.05) is 10.3 Å². The number of carboxylic acids is 1. The number of nitrogens with one attached hydrogen (secondary N) is 1. The molecule has 2 aliphatic heterocycles. The molecule has 3 heterocycles. The monoisotopic (exact) mass is 625 g/mol. The van der Waals surface area contributed by atoms with Gasteiger partial charge in [0.05, 0.1) is 18.7 Å². The number of nitrogens with zero attached hydrogens (tertiary/aromatic N) is 4. The van der Waals surface area contributed by atoms with E-state index in [9.17, 15) is 18.4 Å². The summed E-state index contributed by atoms with van der Waals surface area (Å²) in [7, 11) is 1.70. The van der Waals surface area contributed by atoms with Gasteiger partial charge in [0.25, 0.3) is 0 Å². The Balaban J connectivity index is 1.70. The van der Waals surface area contributed by atoms with E-state index in [0.29, 0.717) is 46.1 Å². The van der Waals surface area contributed by atoms with Crippen molar-refractivity contribution in [1.29, 1.82) is 0 Å². The van der Waals surface area contributed by atoms with Crippen LogP contribution in [-0.4, -0.2) is 90.2 Å². The molecule has 3 atom stereocenters. The summed E-state index contributed by atoms with van der Waals surface area (Å²) in [6, 6.07) is 3.37. The fourth-order valence-corrected chi connectivity index (χ4v) is 6.17. The average Bonchev–Trinajstić information content (AvgIpc) is 3.38. The third-order valence-corrected chi connectivity index (χ3v) is 7.90. The van der Waals surface area contributed by atoms with E-state index in [1.54, 1.807) is 31.1 Å². The van der Waals surface area contributed by atoms with E-state index >= 15 is 0 Å². The number of aromatic nitrogens is 1. The van der Waals surface area contributed by atoms with Crippen LogP contribution in [0, 0.1) is 11.7 Å². The molecule has 0 bridgehead atoms. The molecule has 1 aromatic heterocycles. The first-order chi connectivity index (χ1) is 18.6. The van der Waals surface area contributed by atoms with Crippen LogP contribution in [0.2, 0.25) is 0 Å². The van der Waals surface area contributed by atoms with E-state index in [2.05, 4.69) is 26.2 Å². The van der Waals surface area contributed by atoms with E-state index in [-0.39, 0.29) is 37.7 Å². The predicted molar refractivity (Wildman–Crippen MR) is 147 cm³/mol. The first-order valence-electron chi connectivity index (χ1n) is 12.5. The summed E-state index contributed by atoms with van der Waals surface area (Å²) in [6.45, 7) is 3.03. The molecule has 13 heteroatoms. The van der Waals surface area contributed by atoms with Gasteiger partial charge in [-0.3, -0.25) is 19.6 Å². The summed E-state index contributed by atoms with van der Waals surface area (Å²) in [5.74, 6) is -1.60. The number of hydrogen-bond acceptors (Lipinski definition) is 9. The molecule has 9 nitrogen and oxygen atoms in total. The Morgan fingerprint density at radius 3 is 2.82 bits per heavy atom. The number of carboxylic acid groups (broad SMARTS) is 1. The molecule has 2 unspecified atom stereocenters. The normalized spacial score (nSPS) is 22.0. The van der Waals surface area contributed by atoms with Gasteiger partial charge in [0.1, 0.15) is 18.0 Å². The lowest BCUT2D eigenvalue weighted by atomic mass is 9.93. The number of halogens is 3. The van der Waals surface area contributed by atoms with Gasteiger partial charge >= 0.3 is 11.9 Å². The maximum atomic E-state index is 14.9. The van der Waals surface area contributed by atoms with Crippen LogP contribution in [0.3, 0.4) is 0 Å². The summed E-state index contributed by atoms with van der Waals surface area (Å²) in [4.78, 5) is 37.2. The largest absolute Gasteiger partial charge is 0.480 e. The number of amidine groups is 1. The molecule has 210 valence electrons. The van der Waals surface area contributed by atoms with Crippen molar-refractivity contribution >= 4 is 45.0 Å². The zero-order valence-corrected chi connectivity index (χ0v) is 24.0. The zero-order chi connectivity index (χ0) is 28.1. The summed E-state index contributed by atoms with van der Waals surface area (Å²) < 4.78 is 34.7. The molecule has 1 fully saturated rings. The van der Waals surface area contributed by atoms with Crippen LogP contribution in [0.15, 0.2) is 50.5 Å². The second-order valence-electron chi connectivity index (χ2n) is 9.60. The van der Waals surface area contributed by atoms with Gasteiger partial charge in [-0.2, -0.15) is 0 Å². The zero-order valence-electron chi connectivity index (χ0n) is 21.6. The second-order valence-corrected chi connectivity index (χ2v) is 11.4. The van der Waals surface area contributed by atoms with Crippen molar-refractivity contribution in [2.75, 3.05) is 46.4 Å². The van der Waals surface area contributed by atoms with Gasteiger partial charge in [-0.05, 0) is 44.0 Å². The number of esters is 1. The standard InChI is InChI=1S/C26H30BrF2N5O4S/c1-3-38-26(37)22-20(13-34-11-15(8-17(29)12-34)10-33(2)14-21(35)36)31-24(25-30-6-7-39-25)32-23(22)18-5-4-16(28)9-19(18)27/h4-7,9,15,17,23H,3,8,10-14H2,1-2H3,(H,31,32)(H,35,36)/t15?,17?,23-/m0/s1. The molecular formula is C26H30BrF2N5O4S. The van der Waals surface area contributed by atoms with E-state index in [0.717, 1.165) is 0 Å². The molecule has 1 aromatic carbocycles. The summed E-state index contributed by atoms with van der Waals surface area (Å²) in [6.07, 6.45) is 0.869. The number of thiazole rings is 1. The molecule has 2 N–H and O–H groups in total. The number of aliphatic carboxylic acids is 1. The topological polar surface area (TPSA) is 107 Å². The van der Waals surface area contributed by atoms with Crippen LogP contribution in [0.25, 0.3) is 0 Å². The highest BCUT2D eigenvalue weighted by atomic mass is 79.9. The first kappa shape index (κ1) is 29.2. The molecular weight excluding hydrogens is 596 g/mol. The minimum Gasteiger partial charge on any atom is -0.480 e. The Kier molecular flexibility index (Phi) is 9.81. The van der Waals surface area contributed by atoms with Gasteiger partial charge in [-0.15, -0.1) is 11.3 Å². The highest BCUT2D eigenvalue weighted by Crippen LogP contribution is 2.37. The number of likely N-dealkylation sites (N-methyl/N-ethyl adjacent to an activating group) is 1. The maximum Gasteiger partial charge on any atom is 0.338 e. The number of carbonyl (C=O) groups excluding carboxylic acids is 1. The lowest BCUT2D eigenvalue weighted by Crippen LogP contribution is -2.48. The lowest BCUT2D eigenvalue weighted by Gasteiger charge is -2.38. The molecule has 0 aliphatic carbocycles. The highest BCUT2D eigenvalue weighted by molar-refractivity contribution is 9.10. The molecule has 0 radical (unpaired) electrons. The summed E-state index contributed by atoms with van der Waals surface area (Å²) in [5, 5.41) is 14.8. The van der Waals surface area contributed by atoms with Crippen molar-refractivity contribution < 1.29 is 28.2 Å². The smallest absolute Gasteiger partial charge is 0.338 e. The number of ether oxygens (including phenoxy) is 1. The van der Waals surface area contributed by atoms with E-state index in [4.69, 9.17) is 14.8 Å². The van der Waals surface area contributed by atoms with Gasteiger partial charge in [-0.25, -0.2) is 18.6 Å². The van der Waals surface area contributed by atoms with Crippen molar-refractivity contribution in [3.05, 3.63) is 61.9 Å². The Labute approximate surface area is 237 Å². The highest BCUT2D eigenvalue weighted by Gasteiger charge is 2.36. The van der Waals surface area contributed by atoms with Crippen LogP contribution >= 0.6 is 27.3 Å². The quantitative estimate of drug-likeness (QED) is 0.386. The third kappa shape index (κ3) is 7.47. The van der Waals surface area contributed by atoms with E-state index in [1.165, 1.54) is 23.5 Å². The average molecular weight is 627 g/mol. The van der Waals surface area contributed by atoms with Crippen LogP contribution in [0.5, 0.6) is 0 Å². The number of piperidine rings is 1. The van der Waals surface area contributed by atoms with Crippen LogP contribution in [0.1, 0.15) is 30.0 Å². The number of likely N-dealkylation sites (tertiary alicyclic amines) is 1. The molecule has 0 saturated carbocycles. The Hall–Kier alpha value is -2.74. The van der Waals surface area contributed by atoms with Gasteiger partial charge < -0.3 is 15.2 Å². The minimum absolute atomic E-state index is 0.0949. The van der Waals surface area contributed by atoms with Crippen molar-refractivity contribution in [3.8, 4) is 0 Å². The van der Waals surface area contributed by atoms with Gasteiger partial charge in [0.2, 0.25) is 0 Å². The van der Waals surface area contributed by atoms with Gasteiger partial charge in [0, 0.05) is 47.9 Å². The Bertz CT molecular complexity index is 1260. The number of alkyl halides is 1. The fourth-order valence-electron chi connectivity index (χ4n) is 5.02. The summed E-state index contributed by atoms with van der Waals surface area (Å²) in [5.41, 5.74) is 1.33. The minimum atomic E-state index is -1.11. The number of hydrogen-bond donors (Lipinski definition) is 2. The number of benzene rings is 1. The number of rotatable bonds is 10. The molecule has 2 aromatic rings. The molecule has 39 heavy (non-hydrogen) atoms. The number of carbonyl (C=O) groups is 2. The fraction of sp³-hybridized carbons (Fsp3) is 0.462. The lowest BCUT2D eigenvalue weighted by molar-refractivity contribution is -0.139. The molecule has 1 saturated heterocycles. The Morgan fingerprint density at radius 2 is 2.15 bits per heavy atom. The van der Waals surface area contributed by atoms with E-state index < -0.39 is 30.0 Å². The number of aliphatic imine (C=N–C) groups is 1. The second kappa shape index (κ2) is 13.1. The molecule has 4 rings (SSSR count). The molecule has 2 aliphatic rings. The SMILES string of the molecule is CCOC(=O)C1=C(CN2CC(F)CC(CN(C)CC(=O)O)C2)NC(c2nccs2)=N[C@H]1c1ccc(F)cc1Br. The summed E-state index contributed by atoms with van der Waals surface area (Å²) >= 11 is 4.79. The molecule has 0 spiro atoms. The van der Waals surface area contributed by atoms with Crippen LogP contribution in [-0.2, 0) is 14.3 Å². The molecule has 0 amide bonds. The van der Waals surface area contributed by atoms with Crippen molar-refractivity contribution in [2.45, 2.75) is 25.6 Å². The van der Waals surface area contributed by atoms with Gasteiger partial charge in [0.15, 0.2) is 10.8 Å². The Morgan fingerprint density at radius 1 is 1.36 bits per heavy atom. The van der Waals surface area contributed by atoms with Crippen LogP contribution in [0.4, 0.5) is 8.78 Å². The van der Waals surface area contributed by atoms with Crippen LogP contribution < -0.4 is 5.32 Å². The third-order valence-electron chi connectivity index (χ3n) is 6.43. The van der Waals surface area contributed by atoms with Crippen molar-refractivity contribution in [2.24, 2.45) is 10.9 Å². The van der Waals surface area contributed by atoms with Crippen molar-refractivity contribution in [1.82, 2.24) is 20.1 Å². The van der Waals surface area contributed by atoms with Crippen molar-refractivity contribution in [3.63, 3.8) is 0 Å². The maximum absolute atomic E-state index is 14.9. The first-order valence-corrected chi connectivity index (χ1v) is 14.2. The van der Waals surface area contributed by atoms with Gasteiger partial charge in [-0.1, -0.05) is 22.0 Å². The predicted octanol–water partition coefficient (Wildman–Crippen LogP) is 3.63.